The zero-order valence-electron chi connectivity index (χ0n) is 12.6. The predicted molar refractivity (Wildman–Crippen MR) is 83.1 cm³/mol. The molecule has 4 nitrogen and oxygen atoms in total. The van der Waals surface area contributed by atoms with Gasteiger partial charge in [0.05, 0.1) is 10.7 Å². The molecule has 1 aromatic rings. The lowest BCUT2D eigenvalue weighted by atomic mass is 10.2. The zero-order valence-corrected chi connectivity index (χ0v) is 13.4. The molecule has 0 saturated carbocycles. The van der Waals surface area contributed by atoms with E-state index in [0.717, 1.165) is 61.0 Å². The molecule has 1 saturated heterocycles. The van der Waals surface area contributed by atoms with E-state index in [4.69, 9.17) is 5.26 Å². The van der Waals surface area contributed by atoms with E-state index in [1.54, 1.807) is 11.3 Å². The quantitative estimate of drug-likeness (QED) is 0.806. The monoisotopic (exact) mass is 292 g/mol. The van der Waals surface area contributed by atoms with Crippen molar-refractivity contribution in [3.05, 3.63) is 15.6 Å². The predicted octanol–water partition coefficient (Wildman–Crippen LogP) is 2.15. The molecule has 0 aromatic carbocycles. The largest absolute Gasteiger partial charge is 0.301 e. The van der Waals surface area contributed by atoms with Crippen LogP contribution in [0.1, 0.15) is 35.8 Å². The Bertz CT molecular complexity index is 455. The fourth-order valence-electron chi connectivity index (χ4n) is 2.58. The summed E-state index contributed by atoms with van der Waals surface area (Å²) in [6, 6.07) is 2.29. The number of aromatic nitrogens is 1. The van der Waals surface area contributed by atoms with E-state index >= 15 is 0 Å². The first-order valence-electron chi connectivity index (χ1n) is 7.60. The van der Waals surface area contributed by atoms with Crippen LogP contribution in [0.3, 0.4) is 0 Å². The first kappa shape index (κ1) is 15.4. The third-order valence-electron chi connectivity index (χ3n) is 3.88. The molecule has 110 valence electrons. The summed E-state index contributed by atoms with van der Waals surface area (Å²) in [5, 5.41) is 10.3. The molecule has 0 atom stereocenters. The van der Waals surface area contributed by atoms with Crippen LogP contribution < -0.4 is 0 Å². The van der Waals surface area contributed by atoms with Gasteiger partial charge in [0, 0.05) is 39.1 Å². The van der Waals surface area contributed by atoms with Crippen LogP contribution in [0.5, 0.6) is 0 Å². The molecule has 0 spiro atoms. The third-order valence-corrected chi connectivity index (χ3v) is 4.95. The van der Waals surface area contributed by atoms with E-state index in [0.29, 0.717) is 0 Å². The summed E-state index contributed by atoms with van der Waals surface area (Å²) in [6.45, 7) is 11.3. The van der Waals surface area contributed by atoms with Gasteiger partial charge in [0.15, 0.2) is 0 Å². The molecule has 0 N–H and O–H groups in total. The molecule has 2 rings (SSSR count). The van der Waals surface area contributed by atoms with Crippen molar-refractivity contribution in [2.75, 3.05) is 39.3 Å². The normalized spacial score (nSPS) is 17.2. The molecule has 1 fully saturated rings. The number of piperazine rings is 1. The van der Waals surface area contributed by atoms with Crippen LogP contribution in [0, 0.1) is 11.3 Å². The number of thiazole rings is 1. The maximum Gasteiger partial charge on any atom is 0.128 e. The van der Waals surface area contributed by atoms with E-state index in [2.05, 4.69) is 34.7 Å². The average molecular weight is 292 g/mol. The number of nitrogens with zero attached hydrogens (tertiary/aromatic N) is 4. The third kappa shape index (κ3) is 4.02. The molecule has 1 aliphatic heterocycles. The summed E-state index contributed by atoms with van der Waals surface area (Å²) >= 11 is 1.58. The lowest BCUT2D eigenvalue weighted by molar-refractivity contribution is 0.138. The van der Waals surface area contributed by atoms with Crippen LogP contribution in [-0.2, 0) is 12.8 Å². The summed E-state index contributed by atoms with van der Waals surface area (Å²) in [5.41, 5.74) is 1.01. The minimum Gasteiger partial charge on any atom is -0.301 e. The molecule has 0 amide bonds. The Balaban J connectivity index is 1.84. The van der Waals surface area contributed by atoms with Crippen LogP contribution in [-0.4, -0.2) is 54.1 Å². The van der Waals surface area contributed by atoms with Crippen LogP contribution in [0.4, 0.5) is 0 Å². The fraction of sp³-hybridized carbons (Fsp3) is 0.733. The zero-order chi connectivity index (χ0) is 14.4. The van der Waals surface area contributed by atoms with Crippen molar-refractivity contribution in [3.63, 3.8) is 0 Å². The molecule has 0 aliphatic carbocycles. The van der Waals surface area contributed by atoms with Gasteiger partial charge in [-0.3, -0.25) is 0 Å². The second kappa shape index (κ2) is 7.72. The van der Waals surface area contributed by atoms with Gasteiger partial charge in [-0.25, -0.2) is 4.98 Å². The second-order valence-electron chi connectivity index (χ2n) is 5.27. The number of aryl methyl sites for hydroxylation is 1. The lowest BCUT2D eigenvalue weighted by Gasteiger charge is -2.33. The van der Waals surface area contributed by atoms with Crippen molar-refractivity contribution in [2.24, 2.45) is 0 Å². The highest BCUT2D eigenvalue weighted by molar-refractivity contribution is 7.12. The minimum atomic E-state index is 0.817. The van der Waals surface area contributed by atoms with Crippen LogP contribution in [0.25, 0.3) is 0 Å². The molecule has 1 aromatic heterocycles. The van der Waals surface area contributed by atoms with Crippen LogP contribution in [0.2, 0.25) is 0 Å². The maximum atomic E-state index is 9.14. The van der Waals surface area contributed by atoms with E-state index in [9.17, 15) is 0 Å². The molecule has 1 aliphatic rings. The van der Waals surface area contributed by atoms with Crippen molar-refractivity contribution >= 4 is 11.3 Å². The Hall–Kier alpha value is -0.960. The smallest absolute Gasteiger partial charge is 0.128 e. The highest BCUT2D eigenvalue weighted by Gasteiger charge is 2.16. The molecule has 20 heavy (non-hydrogen) atoms. The van der Waals surface area contributed by atoms with Crippen molar-refractivity contribution in [1.29, 1.82) is 5.26 Å². The minimum absolute atomic E-state index is 0.817. The van der Waals surface area contributed by atoms with Gasteiger partial charge in [0.25, 0.3) is 0 Å². The van der Waals surface area contributed by atoms with Gasteiger partial charge in [-0.2, -0.15) is 5.26 Å². The Kier molecular flexibility index (Phi) is 5.96. The summed E-state index contributed by atoms with van der Waals surface area (Å²) in [6.07, 6.45) is 2.96. The van der Waals surface area contributed by atoms with E-state index in [-0.39, 0.29) is 0 Å². The summed E-state index contributed by atoms with van der Waals surface area (Å²) in [4.78, 5) is 10.5. The van der Waals surface area contributed by atoms with Gasteiger partial charge in [0.1, 0.15) is 10.9 Å². The summed E-state index contributed by atoms with van der Waals surface area (Å²) in [7, 11) is 0. The first-order valence-corrected chi connectivity index (χ1v) is 8.41. The number of likely N-dealkylation sites (N-methyl/N-ethyl adjacent to an activating group) is 1. The van der Waals surface area contributed by atoms with Crippen molar-refractivity contribution in [1.82, 2.24) is 14.8 Å². The molecule has 0 bridgehead atoms. The molecule has 5 heteroatoms. The SMILES string of the molecule is CCCc1nc(CCN2CCN(CC)CC2)sc1C#N. The standard InChI is InChI=1S/C15H24N4S/c1-3-5-13-14(12-16)20-15(17-13)6-7-19-10-8-18(4-2)9-11-19/h3-11H2,1-2H3. The Morgan fingerprint density at radius 1 is 1.15 bits per heavy atom. The first-order chi connectivity index (χ1) is 9.76. The highest BCUT2D eigenvalue weighted by Crippen LogP contribution is 2.20. The lowest BCUT2D eigenvalue weighted by Crippen LogP contribution is -2.46. The van der Waals surface area contributed by atoms with E-state index in [1.165, 1.54) is 13.1 Å². The van der Waals surface area contributed by atoms with Gasteiger partial charge in [0.2, 0.25) is 0 Å². The van der Waals surface area contributed by atoms with Gasteiger partial charge < -0.3 is 9.80 Å². The molecule has 0 unspecified atom stereocenters. The average Bonchev–Trinajstić information content (AvgIpc) is 2.88. The Labute approximate surface area is 126 Å². The second-order valence-corrected chi connectivity index (χ2v) is 6.35. The number of nitriles is 1. The maximum absolute atomic E-state index is 9.14. The molecular formula is C15H24N4S. The van der Waals surface area contributed by atoms with Crippen LogP contribution in [0.15, 0.2) is 0 Å². The van der Waals surface area contributed by atoms with Gasteiger partial charge in [-0.05, 0) is 13.0 Å². The molecular weight excluding hydrogens is 268 g/mol. The highest BCUT2D eigenvalue weighted by atomic mass is 32.1. The van der Waals surface area contributed by atoms with E-state index in [1.807, 2.05) is 0 Å². The number of hydrogen-bond donors (Lipinski definition) is 0. The number of rotatable bonds is 6. The molecule has 2 heterocycles. The summed E-state index contributed by atoms with van der Waals surface area (Å²) < 4.78 is 0. The summed E-state index contributed by atoms with van der Waals surface area (Å²) in [5.74, 6) is 0. The van der Waals surface area contributed by atoms with Crippen molar-refractivity contribution in [3.8, 4) is 6.07 Å². The van der Waals surface area contributed by atoms with Crippen LogP contribution >= 0.6 is 11.3 Å². The van der Waals surface area contributed by atoms with Gasteiger partial charge >= 0.3 is 0 Å². The van der Waals surface area contributed by atoms with Crippen molar-refractivity contribution < 1.29 is 0 Å². The Morgan fingerprint density at radius 2 is 1.85 bits per heavy atom. The van der Waals surface area contributed by atoms with Gasteiger partial charge in [-0.15, -0.1) is 11.3 Å². The Morgan fingerprint density at radius 3 is 2.45 bits per heavy atom. The fourth-order valence-corrected chi connectivity index (χ4v) is 3.48. The van der Waals surface area contributed by atoms with Crippen molar-refractivity contribution in [2.45, 2.75) is 33.1 Å². The number of hydrogen-bond acceptors (Lipinski definition) is 5. The van der Waals surface area contributed by atoms with Gasteiger partial charge in [-0.1, -0.05) is 20.3 Å². The topological polar surface area (TPSA) is 43.2 Å². The van der Waals surface area contributed by atoms with E-state index < -0.39 is 0 Å². The molecule has 0 radical (unpaired) electrons.